The highest BCUT2D eigenvalue weighted by Crippen LogP contribution is 2.41. The Labute approximate surface area is 221 Å². The molecule has 4 heterocycles. The number of carboxylic acids is 1. The lowest BCUT2D eigenvalue weighted by Gasteiger charge is -2.49. The van der Waals surface area contributed by atoms with Gasteiger partial charge in [-0.15, -0.1) is 34.8 Å². The lowest BCUT2D eigenvalue weighted by atomic mass is 10.0. The van der Waals surface area contributed by atoms with E-state index in [0.717, 1.165) is 16.2 Å². The zero-order chi connectivity index (χ0) is 26.5. The summed E-state index contributed by atoms with van der Waals surface area (Å²) in [7, 11) is 0. The van der Waals surface area contributed by atoms with Gasteiger partial charge in [0.15, 0.2) is 10.8 Å². The summed E-state index contributed by atoms with van der Waals surface area (Å²) in [6, 6.07) is 0.726. The number of nitrogens with zero attached hydrogens (tertiary/aromatic N) is 8. The second kappa shape index (κ2) is 11.4. The Balaban J connectivity index is 1.49. The lowest BCUT2D eigenvalue weighted by molar-refractivity contribution is -0.150. The number of allylic oxidation sites excluding steroid dienone is 1. The largest absolute Gasteiger partial charge is 0.477 e. The molecule has 0 bridgehead atoms. The molecule has 18 heteroatoms. The third kappa shape index (κ3) is 5.42. The number of hydrogen-bond donors (Lipinski definition) is 3. The van der Waals surface area contributed by atoms with Crippen LogP contribution in [0.5, 0.6) is 0 Å². The summed E-state index contributed by atoms with van der Waals surface area (Å²) in [4.78, 5) is 48.0. The fraction of sp³-hybridized carbons (Fsp3) is 0.316. The van der Waals surface area contributed by atoms with Gasteiger partial charge in [0.1, 0.15) is 28.9 Å². The van der Waals surface area contributed by atoms with Crippen LogP contribution in [-0.4, -0.2) is 88.2 Å². The zero-order valence-corrected chi connectivity index (χ0v) is 21.3. The number of tetrazole rings is 1. The molecule has 2 aromatic heterocycles. The minimum absolute atomic E-state index is 0.113. The van der Waals surface area contributed by atoms with Crippen LogP contribution in [0.15, 0.2) is 39.6 Å². The molecule has 2 atom stereocenters. The molecule has 0 aliphatic carbocycles. The van der Waals surface area contributed by atoms with Crippen molar-refractivity contribution in [2.24, 2.45) is 5.16 Å². The van der Waals surface area contributed by atoms with Crippen LogP contribution in [0.1, 0.15) is 5.69 Å². The van der Waals surface area contributed by atoms with Gasteiger partial charge in [0.2, 0.25) is 11.8 Å². The van der Waals surface area contributed by atoms with E-state index in [2.05, 4.69) is 37.6 Å². The number of fused-ring (bicyclic) bond motifs is 1. The van der Waals surface area contributed by atoms with Crippen LogP contribution in [0.3, 0.4) is 0 Å². The van der Waals surface area contributed by atoms with E-state index >= 15 is 0 Å². The van der Waals surface area contributed by atoms with Gasteiger partial charge in [-0.3, -0.25) is 14.5 Å². The first-order valence-electron chi connectivity index (χ1n) is 10.3. The molecule has 4 N–H and O–H groups in total. The molecule has 1 unspecified atom stereocenters. The van der Waals surface area contributed by atoms with Gasteiger partial charge in [-0.05, 0) is 16.0 Å². The molecular weight excluding hydrogens is 544 g/mol. The van der Waals surface area contributed by atoms with Crippen molar-refractivity contribution < 1.29 is 24.3 Å². The number of nitriles is 1. The van der Waals surface area contributed by atoms with Crippen molar-refractivity contribution in [3.8, 4) is 6.07 Å². The molecule has 37 heavy (non-hydrogen) atoms. The summed E-state index contributed by atoms with van der Waals surface area (Å²) in [6.07, 6.45) is 1.63. The van der Waals surface area contributed by atoms with Gasteiger partial charge in [-0.2, -0.15) is 5.26 Å². The zero-order valence-electron chi connectivity index (χ0n) is 18.8. The van der Waals surface area contributed by atoms with Crippen molar-refractivity contribution in [2.75, 3.05) is 23.8 Å². The number of thioether (sulfide) groups is 2. The summed E-state index contributed by atoms with van der Waals surface area (Å²) in [6.45, 7) is 3.63. The van der Waals surface area contributed by atoms with Gasteiger partial charge in [-0.25, -0.2) is 14.5 Å². The number of hydrogen-bond acceptors (Lipinski definition) is 14. The summed E-state index contributed by atoms with van der Waals surface area (Å²) >= 11 is 3.63. The van der Waals surface area contributed by atoms with Gasteiger partial charge in [-0.1, -0.05) is 23.0 Å². The van der Waals surface area contributed by atoms with E-state index in [1.807, 2.05) is 0 Å². The Morgan fingerprint density at radius 1 is 1.51 bits per heavy atom. The van der Waals surface area contributed by atoms with Gasteiger partial charge in [0, 0.05) is 16.9 Å². The van der Waals surface area contributed by atoms with E-state index in [4.69, 9.17) is 15.8 Å². The quantitative estimate of drug-likeness (QED) is 0.0800. The van der Waals surface area contributed by atoms with E-state index in [9.17, 15) is 19.5 Å². The third-order valence-corrected chi connectivity index (χ3v) is 8.03. The molecule has 0 radical (unpaired) electrons. The van der Waals surface area contributed by atoms with Crippen LogP contribution in [0.4, 0.5) is 5.13 Å². The number of rotatable bonds is 11. The smallest absolute Gasteiger partial charge is 0.352 e. The van der Waals surface area contributed by atoms with E-state index < -0.39 is 35.8 Å². The highest BCUT2D eigenvalue weighted by atomic mass is 32.2. The Hall–Kier alpha value is -3.95. The minimum Gasteiger partial charge on any atom is -0.477 e. The van der Waals surface area contributed by atoms with Crippen molar-refractivity contribution in [1.29, 1.82) is 5.26 Å². The predicted octanol–water partition coefficient (Wildman–Crippen LogP) is -0.327. The molecule has 1 fully saturated rings. The number of nitrogens with two attached hydrogens (primary N) is 1. The van der Waals surface area contributed by atoms with Crippen molar-refractivity contribution in [1.82, 2.24) is 35.4 Å². The minimum atomic E-state index is -1.25. The molecular formula is C19H18N10O5S3. The van der Waals surface area contributed by atoms with Crippen LogP contribution < -0.4 is 11.1 Å². The Bertz CT molecular complexity index is 1350. The van der Waals surface area contributed by atoms with Gasteiger partial charge < -0.3 is 21.0 Å². The van der Waals surface area contributed by atoms with Crippen LogP contribution in [0, 0.1) is 11.3 Å². The second-order valence-electron chi connectivity index (χ2n) is 7.28. The first kappa shape index (κ1) is 26.1. The monoisotopic (exact) mass is 562 g/mol. The summed E-state index contributed by atoms with van der Waals surface area (Å²) < 4.78 is 1.52. The number of aromatic nitrogens is 5. The summed E-state index contributed by atoms with van der Waals surface area (Å²) in [5, 5.41) is 37.7. The van der Waals surface area contributed by atoms with Crippen molar-refractivity contribution in [2.45, 2.75) is 23.1 Å². The normalized spacial score (nSPS) is 19.1. The lowest BCUT2D eigenvalue weighted by Crippen LogP contribution is -2.71. The highest BCUT2D eigenvalue weighted by molar-refractivity contribution is 8.01. The number of nitrogens with one attached hydrogen (secondary N) is 1. The highest BCUT2D eigenvalue weighted by Gasteiger charge is 2.54. The van der Waals surface area contributed by atoms with Crippen LogP contribution in [-0.2, 0) is 25.8 Å². The van der Waals surface area contributed by atoms with Crippen LogP contribution >= 0.6 is 34.9 Å². The van der Waals surface area contributed by atoms with Gasteiger partial charge >= 0.3 is 5.97 Å². The number of carboxylic acid groups (broad SMARTS) is 1. The van der Waals surface area contributed by atoms with Crippen molar-refractivity contribution in [3.05, 3.63) is 35.0 Å². The van der Waals surface area contributed by atoms with Crippen LogP contribution in [0.2, 0.25) is 0 Å². The number of aliphatic carboxylic acids is 1. The number of carbonyl (C=O) groups excluding carboxylic acids is 2. The molecule has 2 aliphatic heterocycles. The fourth-order valence-corrected chi connectivity index (χ4v) is 6.34. The SMILES string of the molecule is C=CCn1nnnc1SCC1=C(C(=O)O)N2C(=O)C(NC(=O)/C(=N/OCC#N)c3csc(N)n3)[C@H]2SC1. The molecule has 4 rings (SSSR count). The van der Waals surface area contributed by atoms with E-state index in [1.165, 1.54) is 33.6 Å². The molecule has 0 saturated carbocycles. The number of amides is 2. The van der Waals surface area contributed by atoms with Crippen LogP contribution in [0.25, 0.3) is 0 Å². The first-order chi connectivity index (χ1) is 17.8. The molecule has 2 aromatic rings. The Kier molecular flexibility index (Phi) is 8.05. The first-order valence-corrected chi connectivity index (χ1v) is 13.3. The number of oxime groups is 1. The topological polar surface area (TPSA) is 215 Å². The van der Waals surface area contributed by atoms with Crippen molar-refractivity contribution >= 4 is 63.5 Å². The summed E-state index contributed by atoms with van der Waals surface area (Å²) in [5.74, 6) is -2.06. The molecule has 192 valence electrons. The standard InChI is InChI=1S/C19H18N10O5S3/c1-2-4-28-19(24-26-27-28)37-7-9-6-35-16-12(15(31)29(16)13(9)17(32)33)23-14(30)11(25-34-5-3-20)10-8-36-18(21)22-10/h2,8,12,16H,1,4-7H2,(H2,21,22)(H,23,30)(H,32,33)/b25-11+/t12?,16-/m1/s1. The average molecular weight is 563 g/mol. The Morgan fingerprint density at radius 2 is 2.32 bits per heavy atom. The maximum Gasteiger partial charge on any atom is 0.352 e. The van der Waals surface area contributed by atoms with E-state index in [1.54, 1.807) is 12.1 Å². The summed E-state index contributed by atoms with van der Waals surface area (Å²) in [5.41, 5.74) is 5.88. The number of carbonyl (C=O) groups is 3. The molecule has 0 aromatic carbocycles. The molecule has 2 amide bonds. The van der Waals surface area contributed by atoms with Gasteiger partial charge in [0.05, 0.1) is 6.54 Å². The predicted molar refractivity (Wildman–Crippen MR) is 133 cm³/mol. The maximum atomic E-state index is 13.0. The van der Waals surface area contributed by atoms with Gasteiger partial charge in [0.25, 0.3) is 11.8 Å². The fourth-order valence-electron chi connectivity index (χ4n) is 3.42. The molecule has 1 saturated heterocycles. The second-order valence-corrected chi connectivity index (χ2v) is 10.2. The number of thiazole rings is 1. The number of nitrogen functional groups attached to an aromatic ring is 1. The molecule has 2 aliphatic rings. The molecule has 15 nitrogen and oxygen atoms in total. The number of anilines is 1. The van der Waals surface area contributed by atoms with E-state index in [-0.39, 0.29) is 28.0 Å². The average Bonchev–Trinajstić information content (AvgIpc) is 3.51. The maximum absolute atomic E-state index is 13.0. The van der Waals surface area contributed by atoms with E-state index in [0.29, 0.717) is 23.0 Å². The molecule has 0 spiro atoms. The Morgan fingerprint density at radius 3 is 3.00 bits per heavy atom. The van der Waals surface area contributed by atoms with Crippen molar-refractivity contribution in [3.63, 3.8) is 0 Å². The number of β-lactam (4-membered cyclic amide) rings is 1. The third-order valence-electron chi connectivity index (χ3n) is 4.98.